The Balaban J connectivity index is 1.54. The van der Waals surface area contributed by atoms with E-state index in [1.165, 1.54) is 10.6 Å². The Labute approximate surface area is 187 Å². The van der Waals surface area contributed by atoms with Crippen LogP contribution in [0.4, 0.5) is 5.69 Å². The first-order valence-electron chi connectivity index (χ1n) is 10.6. The minimum Gasteiger partial charge on any atom is -0.479 e. The van der Waals surface area contributed by atoms with Crippen molar-refractivity contribution in [2.45, 2.75) is 37.5 Å². The quantitative estimate of drug-likeness (QED) is 0.522. The fourth-order valence-electron chi connectivity index (χ4n) is 4.03. The van der Waals surface area contributed by atoms with E-state index in [0.29, 0.717) is 13.0 Å². The molecule has 0 bridgehead atoms. The van der Waals surface area contributed by atoms with Crippen LogP contribution in [0.15, 0.2) is 65.6 Å². The molecule has 31 heavy (non-hydrogen) atoms. The van der Waals surface area contributed by atoms with Gasteiger partial charge < -0.3 is 19.5 Å². The highest BCUT2D eigenvalue weighted by molar-refractivity contribution is 7.99. The molecule has 3 aromatic carbocycles. The summed E-state index contributed by atoms with van der Waals surface area (Å²) < 4.78 is 11.7. The van der Waals surface area contributed by atoms with E-state index >= 15 is 0 Å². The molecule has 0 saturated carbocycles. The van der Waals surface area contributed by atoms with Gasteiger partial charge in [-0.25, -0.2) is 4.79 Å². The van der Waals surface area contributed by atoms with Gasteiger partial charge in [-0.1, -0.05) is 36.4 Å². The van der Waals surface area contributed by atoms with Crippen molar-refractivity contribution in [2.75, 3.05) is 23.8 Å². The van der Waals surface area contributed by atoms with E-state index in [9.17, 15) is 9.90 Å². The summed E-state index contributed by atoms with van der Waals surface area (Å²) in [5.41, 5.74) is 2.17. The van der Waals surface area contributed by atoms with Gasteiger partial charge in [0, 0.05) is 30.2 Å². The van der Waals surface area contributed by atoms with E-state index in [0.717, 1.165) is 34.4 Å². The van der Waals surface area contributed by atoms with E-state index in [-0.39, 0.29) is 6.23 Å². The average Bonchev–Trinajstić information content (AvgIpc) is 2.78. The van der Waals surface area contributed by atoms with Gasteiger partial charge in [-0.3, -0.25) is 0 Å². The predicted octanol–water partition coefficient (Wildman–Crippen LogP) is 5.21. The number of benzene rings is 3. The first-order chi connectivity index (χ1) is 15.1. The minimum atomic E-state index is -0.937. The zero-order valence-electron chi connectivity index (χ0n) is 17.8. The van der Waals surface area contributed by atoms with E-state index in [4.69, 9.17) is 9.47 Å². The number of carboxylic acid groups (broad SMARTS) is 1. The number of carbonyl (C=O) groups is 1. The van der Waals surface area contributed by atoms with E-state index in [1.54, 1.807) is 0 Å². The standard InChI is InChI=1S/C25H27NO4S/c1-3-29-23(25(27)28)16-19-8-6-7-18-15-20(11-12-21(18)19)30-17(2)26-13-14-31-24-10-5-4-9-22(24)26/h4-12,15,17,23H,3,13-14,16H2,1-2H3,(H,27,28). The maximum atomic E-state index is 11.5. The third-order valence-corrected chi connectivity index (χ3v) is 6.54. The topological polar surface area (TPSA) is 59.0 Å². The van der Waals surface area contributed by atoms with Crippen LogP contribution >= 0.6 is 11.8 Å². The summed E-state index contributed by atoms with van der Waals surface area (Å²) in [6, 6.07) is 20.4. The highest BCUT2D eigenvalue weighted by Crippen LogP contribution is 2.36. The van der Waals surface area contributed by atoms with Gasteiger partial charge in [-0.05, 0) is 54.4 Å². The number of aliphatic carboxylic acids is 1. The van der Waals surface area contributed by atoms with E-state index < -0.39 is 12.1 Å². The number of hydrogen-bond donors (Lipinski definition) is 1. The molecule has 1 aliphatic heterocycles. The van der Waals surface area contributed by atoms with Crippen LogP contribution in [0, 0.1) is 0 Å². The maximum Gasteiger partial charge on any atom is 0.333 e. The molecule has 0 saturated heterocycles. The molecule has 3 aromatic rings. The predicted molar refractivity (Wildman–Crippen MR) is 125 cm³/mol. The molecule has 6 heteroatoms. The second kappa shape index (κ2) is 9.62. The number of anilines is 1. The fourth-order valence-corrected chi connectivity index (χ4v) is 5.04. The highest BCUT2D eigenvalue weighted by atomic mass is 32.2. The molecule has 0 aromatic heterocycles. The molecule has 0 fully saturated rings. The molecule has 0 amide bonds. The molecule has 5 nitrogen and oxygen atoms in total. The van der Waals surface area contributed by atoms with Gasteiger partial charge >= 0.3 is 5.97 Å². The monoisotopic (exact) mass is 437 g/mol. The SMILES string of the molecule is CCOC(Cc1cccc2cc(OC(C)N3CCSc4ccccc43)ccc12)C(=O)O. The number of carboxylic acids is 1. The molecule has 162 valence electrons. The number of rotatable bonds is 8. The molecular formula is C25H27NO4S. The summed E-state index contributed by atoms with van der Waals surface area (Å²) in [5, 5.41) is 11.5. The van der Waals surface area contributed by atoms with Crippen molar-refractivity contribution in [1.29, 1.82) is 0 Å². The van der Waals surface area contributed by atoms with Crippen molar-refractivity contribution < 1.29 is 19.4 Å². The lowest BCUT2D eigenvalue weighted by Crippen LogP contribution is -2.40. The molecule has 2 unspecified atom stereocenters. The Bertz CT molecular complexity index is 1070. The molecule has 1 aliphatic rings. The number of para-hydroxylation sites is 1. The Morgan fingerprint density at radius 2 is 2.00 bits per heavy atom. The third-order valence-electron chi connectivity index (χ3n) is 5.50. The van der Waals surface area contributed by atoms with Crippen molar-refractivity contribution in [3.05, 3.63) is 66.2 Å². The average molecular weight is 438 g/mol. The summed E-state index contributed by atoms with van der Waals surface area (Å²) in [7, 11) is 0. The number of fused-ring (bicyclic) bond motifs is 2. The summed E-state index contributed by atoms with van der Waals surface area (Å²) in [6.07, 6.45) is -0.611. The van der Waals surface area contributed by atoms with E-state index in [2.05, 4.69) is 36.1 Å². The summed E-state index contributed by atoms with van der Waals surface area (Å²) in [5.74, 6) is 0.899. The van der Waals surface area contributed by atoms with Gasteiger partial charge in [0.2, 0.25) is 0 Å². The van der Waals surface area contributed by atoms with Crippen LogP contribution in [0.25, 0.3) is 10.8 Å². The molecule has 0 spiro atoms. The lowest BCUT2D eigenvalue weighted by atomic mass is 9.99. The van der Waals surface area contributed by atoms with Crippen LogP contribution in [-0.4, -0.2) is 42.3 Å². The first kappa shape index (κ1) is 21.5. The Hall–Kier alpha value is -2.70. The largest absolute Gasteiger partial charge is 0.479 e. The van der Waals surface area contributed by atoms with Crippen LogP contribution in [0.2, 0.25) is 0 Å². The number of hydrogen-bond acceptors (Lipinski definition) is 5. The van der Waals surface area contributed by atoms with Gasteiger partial charge in [-0.2, -0.15) is 0 Å². The maximum absolute atomic E-state index is 11.5. The van der Waals surface area contributed by atoms with Crippen molar-refractivity contribution in [2.24, 2.45) is 0 Å². The second-order valence-electron chi connectivity index (χ2n) is 7.51. The highest BCUT2D eigenvalue weighted by Gasteiger charge is 2.23. The van der Waals surface area contributed by atoms with Gasteiger partial charge in [0.25, 0.3) is 0 Å². The van der Waals surface area contributed by atoms with Crippen molar-refractivity contribution in [3.8, 4) is 5.75 Å². The lowest BCUT2D eigenvalue weighted by Gasteiger charge is -2.35. The molecule has 0 radical (unpaired) electrons. The van der Waals surface area contributed by atoms with Crippen LogP contribution in [0.5, 0.6) is 5.75 Å². The Morgan fingerprint density at radius 1 is 1.16 bits per heavy atom. The minimum absolute atomic E-state index is 0.1000. The lowest BCUT2D eigenvalue weighted by molar-refractivity contribution is -0.149. The van der Waals surface area contributed by atoms with Crippen LogP contribution < -0.4 is 9.64 Å². The number of nitrogens with zero attached hydrogens (tertiary/aromatic N) is 1. The molecule has 0 aliphatic carbocycles. The smallest absolute Gasteiger partial charge is 0.333 e. The summed E-state index contributed by atoms with van der Waals surface area (Å²) >= 11 is 1.88. The van der Waals surface area contributed by atoms with Crippen molar-refractivity contribution in [1.82, 2.24) is 0 Å². The van der Waals surface area contributed by atoms with Gasteiger partial charge in [-0.15, -0.1) is 11.8 Å². The molecule has 1 heterocycles. The second-order valence-corrected chi connectivity index (χ2v) is 8.65. The van der Waals surface area contributed by atoms with E-state index in [1.807, 2.05) is 55.1 Å². The summed E-state index contributed by atoms with van der Waals surface area (Å²) in [4.78, 5) is 15.1. The number of thioether (sulfide) groups is 1. The van der Waals surface area contributed by atoms with Gasteiger partial charge in [0.1, 0.15) is 5.75 Å². The number of ether oxygens (including phenoxy) is 2. The third kappa shape index (κ3) is 4.81. The van der Waals surface area contributed by atoms with Crippen molar-refractivity contribution in [3.63, 3.8) is 0 Å². The van der Waals surface area contributed by atoms with Gasteiger partial charge in [0.15, 0.2) is 12.3 Å². The zero-order valence-corrected chi connectivity index (χ0v) is 18.6. The summed E-state index contributed by atoms with van der Waals surface area (Å²) in [6.45, 7) is 5.19. The van der Waals surface area contributed by atoms with Crippen molar-refractivity contribution >= 4 is 34.2 Å². The normalized spacial score (nSPS) is 15.4. The van der Waals surface area contributed by atoms with Crippen LogP contribution in [0.1, 0.15) is 19.4 Å². The van der Waals surface area contributed by atoms with Crippen LogP contribution in [0.3, 0.4) is 0 Å². The molecule has 2 atom stereocenters. The molecular weight excluding hydrogens is 410 g/mol. The fraction of sp³-hybridized carbons (Fsp3) is 0.320. The van der Waals surface area contributed by atoms with Gasteiger partial charge in [0.05, 0.1) is 5.69 Å². The van der Waals surface area contributed by atoms with Crippen LogP contribution in [-0.2, 0) is 16.0 Å². The first-order valence-corrected chi connectivity index (χ1v) is 11.6. The Kier molecular flexibility index (Phi) is 6.68. The molecule has 1 N–H and O–H groups in total. The molecule has 4 rings (SSSR count). The zero-order chi connectivity index (χ0) is 21.8. The Morgan fingerprint density at radius 3 is 2.81 bits per heavy atom.